The fraction of sp³-hybridized carbons (Fsp3) is 0.500. The van der Waals surface area contributed by atoms with E-state index < -0.39 is 6.04 Å². The normalized spacial score (nSPS) is 29.0. The molecule has 0 N–H and O–H groups in total. The van der Waals surface area contributed by atoms with E-state index in [0.29, 0.717) is 0 Å². The Morgan fingerprint density at radius 2 is 2.05 bits per heavy atom. The first-order valence-electron chi connectivity index (χ1n) is 7.19. The van der Waals surface area contributed by atoms with Crippen LogP contribution in [0.2, 0.25) is 0 Å². The molecule has 3 atom stereocenters. The van der Waals surface area contributed by atoms with Crippen molar-refractivity contribution in [2.45, 2.75) is 41.9 Å². The number of hydrogen-bond donors (Lipinski definition) is 0. The molecule has 0 radical (unpaired) electrons. The molecule has 1 aromatic carbocycles. The third kappa shape index (κ3) is 2.52. The fourth-order valence-corrected chi connectivity index (χ4v) is 5.71. The van der Waals surface area contributed by atoms with Gasteiger partial charge in [-0.3, -0.25) is 4.79 Å². The highest BCUT2D eigenvalue weighted by atomic mass is 32.2. The Morgan fingerprint density at radius 3 is 2.68 bits per heavy atom. The number of carbonyl (C=O) groups is 2. The first-order valence-corrected chi connectivity index (χ1v) is 9.36. The van der Waals surface area contributed by atoms with Gasteiger partial charge in [0.15, 0.2) is 0 Å². The predicted molar refractivity (Wildman–Crippen MR) is 89.6 cm³/mol. The average Bonchev–Trinajstić information content (AvgIpc) is 2.74. The average molecular weight is 337 g/mol. The minimum absolute atomic E-state index is 0.0313. The van der Waals surface area contributed by atoms with E-state index in [1.807, 2.05) is 50.4 Å². The first kappa shape index (κ1) is 15.7. The van der Waals surface area contributed by atoms with Gasteiger partial charge >= 0.3 is 5.97 Å². The summed E-state index contributed by atoms with van der Waals surface area (Å²) in [4.78, 5) is 26.5. The highest BCUT2D eigenvalue weighted by Crippen LogP contribution is 2.53. The van der Waals surface area contributed by atoms with Gasteiger partial charge in [-0.05, 0) is 25.7 Å². The Morgan fingerprint density at radius 1 is 1.36 bits per heavy atom. The molecule has 2 aliphatic rings. The van der Waals surface area contributed by atoms with Crippen molar-refractivity contribution in [2.24, 2.45) is 0 Å². The number of benzene rings is 1. The molecule has 2 saturated heterocycles. The Labute approximate surface area is 139 Å². The summed E-state index contributed by atoms with van der Waals surface area (Å²) in [6.45, 7) is 4.26. The molecule has 2 heterocycles. The standard InChI is InChI=1S/C16H19NO3S2/c1-16(2)12(17-13(18)11(21-3)14(17)22-16)15(19)20-9-10-7-5-4-6-8-10/h4-8,11-12,14H,9H2,1-3H3/t11-,12-,14+/m0/s1. The lowest BCUT2D eigenvalue weighted by atomic mass is 9.98. The van der Waals surface area contributed by atoms with Crippen LogP contribution in [0.15, 0.2) is 30.3 Å². The number of nitrogens with zero attached hydrogens (tertiary/aromatic N) is 1. The zero-order valence-electron chi connectivity index (χ0n) is 12.8. The summed E-state index contributed by atoms with van der Waals surface area (Å²) < 4.78 is 5.14. The van der Waals surface area contributed by atoms with Crippen LogP contribution in [0, 0.1) is 0 Å². The molecule has 4 nitrogen and oxygen atoms in total. The Balaban J connectivity index is 1.70. The number of carbonyl (C=O) groups excluding carboxylic acids is 2. The van der Waals surface area contributed by atoms with Crippen LogP contribution >= 0.6 is 23.5 Å². The van der Waals surface area contributed by atoms with Gasteiger partial charge in [-0.25, -0.2) is 4.79 Å². The summed E-state index contributed by atoms with van der Waals surface area (Å²) in [5, 5.41) is 0.0583. The summed E-state index contributed by atoms with van der Waals surface area (Å²) in [7, 11) is 0. The third-order valence-corrected chi connectivity index (χ3v) is 6.80. The summed E-state index contributed by atoms with van der Waals surface area (Å²) in [5.41, 5.74) is 0.952. The number of rotatable bonds is 4. The summed E-state index contributed by atoms with van der Waals surface area (Å²) >= 11 is 3.25. The highest BCUT2D eigenvalue weighted by Gasteiger charge is 2.63. The number of thioether (sulfide) groups is 2. The fourth-order valence-electron chi connectivity index (χ4n) is 2.98. The lowest BCUT2D eigenvalue weighted by molar-refractivity contribution is -0.161. The lowest BCUT2D eigenvalue weighted by Gasteiger charge is -2.43. The van der Waals surface area contributed by atoms with Crippen molar-refractivity contribution in [1.29, 1.82) is 0 Å². The molecule has 22 heavy (non-hydrogen) atoms. The number of ether oxygens (including phenoxy) is 1. The second-order valence-corrected chi connectivity index (χ2v) is 8.76. The number of esters is 1. The predicted octanol–water partition coefficient (Wildman–Crippen LogP) is 2.52. The van der Waals surface area contributed by atoms with E-state index in [1.54, 1.807) is 28.4 Å². The van der Waals surface area contributed by atoms with Crippen LogP contribution in [0.5, 0.6) is 0 Å². The van der Waals surface area contributed by atoms with Crippen molar-refractivity contribution < 1.29 is 14.3 Å². The SMILES string of the molecule is CS[C@H]1C(=O)N2[C@@H]1SC(C)(C)[C@@H]2C(=O)OCc1ccccc1. The van der Waals surface area contributed by atoms with Gasteiger partial charge in [-0.1, -0.05) is 30.3 Å². The Hall–Kier alpha value is -1.14. The lowest BCUT2D eigenvalue weighted by Crippen LogP contribution is -2.64. The van der Waals surface area contributed by atoms with Gasteiger partial charge in [-0.2, -0.15) is 0 Å². The van der Waals surface area contributed by atoms with E-state index in [9.17, 15) is 9.59 Å². The maximum Gasteiger partial charge on any atom is 0.330 e. The molecule has 0 bridgehead atoms. The number of β-lactam (4-membered cyclic amide) rings is 1. The van der Waals surface area contributed by atoms with E-state index >= 15 is 0 Å². The second kappa shape index (κ2) is 5.81. The van der Waals surface area contributed by atoms with Gasteiger partial charge in [0.25, 0.3) is 0 Å². The van der Waals surface area contributed by atoms with Gasteiger partial charge in [0.1, 0.15) is 23.3 Å². The van der Waals surface area contributed by atoms with Gasteiger partial charge < -0.3 is 9.64 Å². The van der Waals surface area contributed by atoms with E-state index in [-0.39, 0.29) is 33.9 Å². The molecule has 1 aromatic rings. The van der Waals surface area contributed by atoms with Crippen molar-refractivity contribution in [1.82, 2.24) is 4.90 Å². The van der Waals surface area contributed by atoms with Crippen LogP contribution in [0.4, 0.5) is 0 Å². The molecule has 1 amide bonds. The van der Waals surface area contributed by atoms with E-state index in [4.69, 9.17) is 4.74 Å². The Bertz CT molecular complexity index is 590. The van der Waals surface area contributed by atoms with Crippen LogP contribution in [0.3, 0.4) is 0 Å². The van der Waals surface area contributed by atoms with Crippen molar-refractivity contribution >= 4 is 35.4 Å². The van der Waals surface area contributed by atoms with E-state index in [2.05, 4.69) is 0 Å². The molecular formula is C16H19NO3S2. The topological polar surface area (TPSA) is 46.6 Å². The van der Waals surface area contributed by atoms with Crippen molar-refractivity contribution in [3.63, 3.8) is 0 Å². The maximum absolute atomic E-state index is 12.5. The second-order valence-electron chi connectivity index (χ2n) is 6.01. The van der Waals surface area contributed by atoms with E-state index in [0.717, 1.165) is 5.56 Å². The highest BCUT2D eigenvalue weighted by molar-refractivity contribution is 8.05. The smallest absolute Gasteiger partial charge is 0.330 e. The molecule has 3 rings (SSSR count). The summed E-state index contributed by atoms with van der Waals surface area (Å²) in [6.07, 6.45) is 1.94. The minimum atomic E-state index is -0.498. The number of amides is 1. The summed E-state index contributed by atoms with van der Waals surface area (Å²) in [6, 6.07) is 9.09. The van der Waals surface area contributed by atoms with Crippen LogP contribution < -0.4 is 0 Å². The van der Waals surface area contributed by atoms with Crippen LogP contribution in [-0.4, -0.2) is 44.4 Å². The van der Waals surface area contributed by atoms with Crippen LogP contribution in [-0.2, 0) is 20.9 Å². The molecule has 2 aliphatic heterocycles. The third-order valence-electron chi connectivity index (χ3n) is 4.09. The zero-order valence-corrected chi connectivity index (χ0v) is 14.4. The molecule has 0 saturated carbocycles. The molecule has 118 valence electrons. The maximum atomic E-state index is 12.5. The van der Waals surface area contributed by atoms with Crippen molar-refractivity contribution in [3.05, 3.63) is 35.9 Å². The van der Waals surface area contributed by atoms with Gasteiger partial charge in [-0.15, -0.1) is 23.5 Å². The molecule has 6 heteroatoms. The molecule has 0 aliphatic carbocycles. The monoisotopic (exact) mass is 337 g/mol. The molecule has 0 aromatic heterocycles. The molecular weight excluding hydrogens is 318 g/mol. The van der Waals surface area contributed by atoms with Gasteiger partial charge in [0.2, 0.25) is 5.91 Å². The molecule has 0 spiro atoms. The minimum Gasteiger partial charge on any atom is -0.459 e. The largest absolute Gasteiger partial charge is 0.459 e. The molecule has 0 unspecified atom stereocenters. The van der Waals surface area contributed by atoms with Gasteiger partial charge in [0.05, 0.1) is 0 Å². The van der Waals surface area contributed by atoms with Crippen molar-refractivity contribution in [2.75, 3.05) is 6.26 Å². The zero-order chi connectivity index (χ0) is 15.9. The van der Waals surface area contributed by atoms with E-state index in [1.165, 1.54) is 0 Å². The quantitative estimate of drug-likeness (QED) is 0.624. The van der Waals surface area contributed by atoms with Crippen LogP contribution in [0.1, 0.15) is 19.4 Å². The van der Waals surface area contributed by atoms with Crippen LogP contribution in [0.25, 0.3) is 0 Å². The molecule has 2 fully saturated rings. The number of hydrogen-bond acceptors (Lipinski definition) is 5. The van der Waals surface area contributed by atoms with Crippen molar-refractivity contribution in [3.8, 4) is 0 Å². The summed E-state index contributed by atoms with van der Waals surface area (Å²) in [5.74, 6) is -0.256. The first-order chi connectivity index (χ1) is 10.5. The Kier molecular flexibility index (Phi) is 4.16. The number of fused-ring (bicyclic) bond motifs is 1. The van der Waals surface area contributed by atoms with Gasteiger partial charge in [0, 0.05) is 4.75 Å².